The van der Waals surface area contributed by atoms with Gasteiger partial charge in [-0.2, -0.15) is 0 Å². The quantitative estimate of drug-likeness (QED) is 0.182. The van der Waals surface area contributed by atoms with Gasteiger partial charge in [0.25, 0.3) is 0 Å². The van der Waals surface area contributed by atoms with E-state index in [0.29, 0.717) is 36.1 Å². The third-order valence-electron chi connectivity index (χ3n) is 4.55. The molecule has 0 fully saturated rings. The van der Waals surface area contributed by atoms with Gasteiger partial charge in [-0.3, -0.25) is 14.0 Å². The number of halogens is 1. The van der Waals surface area contributed by atoms with E-state index in [0.717, 1.165) is 24.8 Å². The SMILES string of the molecule is C/C=C\C(=C/CC(=N)c1cc(C(N)=O)ccc1N)NC(=O)CC1=CCC=CCC1.CC.CF. The Balaban J connectivity index is 0.00000242. The van der Waals surface area contributed by atoms with Crippen molar-refractivity contribution in [3.63, 3.8) is 0 Å². The molecule has 0 bridgehead atoms. The van der Waals surface area contributed by atoms with Crippen LogP contribution in [0.5, 0.6) is 0 Å². The van der Waals surface area contributed by atoms with Gasteiger partial charge in [-0.25, -0.2) is 0 Å². The molecule has 0 saturated heterocycles. The van der Waals surface area contributed by atoms with E-state index >= 15 is 0 Å². The summed E-state index contributed by atoms with van der Waals surface area (Å²) >= 11 is 0. The Bertz CT molecular complexity index is 915. The zero-order valence-corrected chi connectivity index (χ0v) is 20.1. The monoisotopic (exact) mass is 456 g/mol. The lowest BCUT2D eigenvalue weighted by molar-refractivity contribution is -0.119. The fraction of sp³-hybridized carbons (Fsp3) is 0.346. The lowest BCUT2D eigenvalue weighted by Gasteiger charge is -2.10. The first-order chi connectivity index (χ1) is 15.9. The molecule has 180 valence electrons. The van der Waals surface area contributed by atoms with E-state index in [1.807, 2.05) is 26.8 Å². The zero-order valence-electron chi connectivity index (χ0n) is 20.1. The molecule has 0 atom stereocenters. The number of anilines is 1. The largest absolute Gasteiger partial charge is 0.398 e. The Morgan fingerprint density at radius 3 is 2.55 bits per heavy atom. The first kappa shape index (κ1) is 29.5. The van der Waals surface area contributed by atoms with E-state index in [9.17, 15) is 14.0 Å². The molecule has 1 aromatic carbocycles. The zero-order chi connectivity index (χ0) is 25.2. The molecule has 2 amide bonds. The predicted octanol–water partition coefficient (Wildman–Crippen LogP) is 5.37. The highest BCUT2D eigenvalue weighted by atomic mass is 19.1. The summed E-state index contributed by atoms with van der Waals surface area (Å²) in [6.45, 7) is 5.86. The van der Waals surface area contributed by atoms with Crippen LogP contribution >= 0.6 is 0 Å². The Kier molecular flexibility index (Phi) is 15.3. The molecule has 7 heteroatoms. The summed E-state index contributed by atoms with van der Waals surface area (Å²) in [7, 11) is 0.500. The van der Waals surface area contributed by atoms with Crippen LogP contribution in [0.1, 0.15) is 68.8 Å². The maximum atomic E-state index is 12.4. The fourth-order valence-electron chi connectivity index (χ4n) is 3.02. The number of nitrogens with two attached hydrogens (primary N) is 2. The highest BCUT2D eigenvalue weighted by Crippen LogP contribution is 2.18. The van der Waals surface area contributed by atoms with Gasteiger partial charge in [-0.05, 0) is 50.5 Å². The van der Waals surface area contributed by atoms with Crippen molar-refractivity contribution in [2.24, 2.45) is 5.73 Å². The summed E-state index contributed by atoms with van der Waals surface area (Å²) in [5.74, 6) is -0.649. The molecule has 0 spiro atoms. The highest BCUT2D eigenvalue weighted by molar-refractivity contribution is 6.05. The molecular weight excluding hydrogens is 419 g/mol. The number of allylic oxidation sites excluding steroid dienone is 6. The second-order valence-corrected chi connectivity index (χ2v) is 6.84. The number of hydrogen-bond acceptors (Lipinski definition) is 4. The van der Waals surface area contributed by atoms with Crippen LogP contribution in [-0.4, -0.2) is 24.7 Å². The second-order valence-electron chi connectivity index (χ2n) is 6.84. The summed E-state index contributed by atoms with van der Waals surface area (Å²) < 4.78 is 9.50. The Labute approximate surface area is 196 Å². The number of nitrogen functional groups attached to an aromatic ring is 1. The molecule has 0 aromatic heterocycles. The van der Waals surface area contributed by atoms with E-state index in [1.165, 1.54) is 12.1 Å². The fourth-order valence-corrected chi connectivity index (χ4v) is 3.02. The van der Waals surface area contributed by atoms with Crippen LogP contribution in [0.25, 0.3) is 0 Å². The van der Waals surface area contributed by atoms with Gasteiger partial charge in [0.1, 0.15) is 0 Å². The number of benzene rings is 1. The Hall–Kier alpha value is -3.48. The average Bonchev–Trinajstić information content (AvgIpc) is 3.08. The molecule has 33 heavy (non-hydrogen) atoms. The first-order valence-corrected chi connectivity index (χ1v) is 11.0. The van der Waals surface area contributed by atoms with Crippen molar-refractivity contribution in [1.82, 2.24) is 5.32 Å². The Morgan fingerprint density at radius 1 is 1.21 bits per heavy atom. The van der Waals surface area contributed by atoms with Crippen LogP contribution in [0.3, 0.4) is 0 Å². The van der Waals surface area contributed by atoms with Crippen LogP contribution in [0.4, 0.5) is 10.1 Å². The minimum Gasteiger partial charge on any atom is -0.398 e. The third-order valence-corrected chi connectivity index (χ3v) is 4.55. The van der Waals surface area contributed by atoms with Gasteiger partial charge in [0.15, 0.2) is 0 Å². The van der Waals surface area contributed by atoms with Crippen LogP contribution in [0, 0.1) is 5.41 Å². The van der Waals surface area contributed by atoms with Crippen molar-refractivity contribution < 1.29 is 14.0 Å². The number of carbonyl (C=O) groups is 2. The van der Waals surface area contributed by atoms with Crippen molar-refractivity contribution in [2.45, 2.75) is 52.9 Å². The molecule has 0 radical (unpaired) electrons. The smallest absolute Gasteiger partial charge is 0.248 e. The number of primary amides is 1. The van der Waals surface area contributed by atoms with E-state index in [-0.39, 0.29) is 18.0 Å². The third kappa shape index (κ3) is 11.1. The molecule has 0 unspecified atom stereocenters. The van der Waals surface area contributed by atoms with E-state index in [1.54, 1.807) is 18.2 Å². The van der Waals surface area contributed by atoms with Gasteiger partial charge in [-0.1, -0.05) is 49.8 Å². The molecular formula is C26H37FN4O2. The molecule has 0 saturated carbocycles. The van der Waals surface area contributed by atoms with Crippen molar-refractivity contribution in [3.8, 4) is 0 Å². The molecule has 6 nitrogen and oxygen atoms in total. The molecule has 0 heterocycles. The maximum Gasteiger partial charge on any atom is 0.248 e. The van der Waals surface area contributed by atoms with Gasteiger partial charge < -0.3 is 22.2 Å². The first-order valence-electron chi connectivity index (χ1n) is 11.0. The average molecular weight is 457 g/mol. The van der Waals surface area contributed by atoms with Crippen LogP contribution in [-0.2, 0) is 4.79 Å². The summed E-state index contributed by atoms with van der Waals surface area (Å²) in [4.78, 5) is 23.8. The van der Waals surface area contributed by atoms with Crippen molar-refractivity contribution in [1.29, 1.82) is 5.41 Å². The van der Waals surface area contributed by atoms with Gasteiger partial charge in [-0.15, -0.1) is 0 Å². The molecule has 1 aromatic rings. The lowest BCUT2D eigenvalue weighted by Crippen LogP contribution is -2.22. The summed E-state index contributed by atoms with van der Waals surface area (Å²) in [5.41, 5.74) is 14.4. The highest BCUT2D eigenvalue weighted by Gasteiger charge is 2.11. The summed E-state index contributed by atoms with van der Waals surface area (Å²) in [6.07, 6.45) is 15.1. The molecule has 1 aliphatic carbocycles. The second kappa shape index (κ2) is 17.1. The maximum absolute atomic E-state index is 12.4. The van der Waals surface area contributed by atoms with Crippen LogP contribution in [0.15, 0.2) is 65.9 Å². The Morgan fingerprint density at radius 2 is 1.91 bits per heavy atom. The summed E-state index contributed by atoms with van der Waals surface area (Å²) in [5, 5.41) is 11.2. The van der Waals surface area contributed by atoms with Gasteiger partial charge >= 0.3 is 0 Å². The lowest BCUT2D eigenvalue weighted by atomic mass is 10.0. The number of carbonyl (C=O) groups excluding carboxylic acids is 2. The molecule has 0 aliphatic heterocycles. The van der Waals surface area contributed by atoms with Crippen LogP contribution < -0.4 is 16.8 Å². The number of amides is 2. The van der Waals surface area contributed by atoms with Gasteiger partial charge in [0.2, 0.25) is 11.8 Å². The number of hydrogen-bond donors (Lipinski definition) is 4. The van der Waals surface area contributed by atoms with Crippen LogP contribution in [0.2, 0.25) is 0 Å². The summed E-state index contributed by atoms with van der Waals surface area (Å²) in [6, 6.07) is 4.62. The molecule has 6 N–H and O–H groups in total. The minimum atomic E-state index is -0.570. The van der Waals surface area contributed by atoms with Crippen molar-refractivity contribution in [3.05, 3.63) is 77.1 Å². The topological polar surface area (TPSA) is 122 Å². The standard InChI is InChI=1S/C23H28N4O2.C2H6.CH3F/c1-2-7-18(27-22(28)14-16-8-5-3-4-6-9-16)11-13-21(25)19-15-17(23(26)29)10-12-20(19)24;2*1-2/h2-4,7-8,10-12,15,25H,5-6,9,13-14,24H2,1H3,(H2,26,29)(H,27,28);1-2H3;1H3/b7-2-,18-11+,25-21?;;. The normalized spacial score (nSPS) is 13.0. The van der Waals surface area contributed by atoms with Gasteiger partial charge in [0, 0.05) is 41.1 Å². The predicted molar refractivity (Wildman–Crippen MR) is 136 cm³/mol. The minimum absolute atomic E-state index is 0.0794. The van der Waals surface area contributed by atoms with Gasteiger partial charge in [0.05, 0.1) is 7.18 Å². The number of alkyl halides is 1. The van der Waals surface area contributed by atoms with Crippen molar-refractivity contribution in [2.75, 3.05) is 12.9 Å². The molecule has 2 rings (SSSR count). The number of nitrogens with one attached hydrogen (secondary N) is 2. The number of rotatable bonds is 8. The molecule has 1 aliphatic rings. The van der Waals surface area contributed by atoms with E-state index < -0.39 is 5.91 Å². The van der Waals surface area contributed by atoms with E-state index in [2.05, 4.69) is 23.5 Å². The van der Waals surface area contributed by atoms with Crippen molar-refractivity contribution >= 4 is 23.2 Å². The van der Waals surface area contributed by atoms with E-state index in [4.69, 9.17) is 16.9 Å².